The first-order chi connectivity index (χ1) is 7.63. The van der Waals surface area contributed by atoms with E-state index in [-0.39, 0.29) is 5.41 Å². The highest BCUT2D eigenvalue weighted by Crippen LogP contribution is 2.45. The van der Waals surface area contributed by atoms with Crippen LogP contribution in [0.3, 0.4) is 0 Å². The minimum atomic E-state index is -0.00914. The second-order valence-electron chi connectivity index (χ2n) is 4.59. The van der Waals surface area contributed by atoms with Gasteiger partial charge in [-0.1, -0.05) is 0 Å². The van der Waals surface area contributed by atoms with E-state index in [4.69, 9.17) is 5.26 Å². The van der Waals surface area contributed by atoms with Gasteiger partial charge in [-0.3, -0.25) is 0 Å². The molecular formula is C12H15BrN2S. The Kier molecular flexibility index (Phi) is 3.68. The van der Waals surface area contributed by atoms with Gasteiger partial charge in [0.15, 0.2) is 0 Å². The van der Waals surface area contributed by atoms with Crippen LogP contribution in [0.25, 0.3) is 0 Å². The average molecular weight is 299 g/mol. The maximum absolute atomic E-state index is 9.01. The fourth-order valence-corrected chi connectivity index (χ4v) is 3.31. The number of likely N-dealkylation sites (N-methyl/N-ethyl adjacent to an activating group) is 1. The molecule has 0 aliphatic heterocycles. The van der Waals surface area contributed by atoms with Crippen molar-refractivity contribution in [2.75, 3.05) is 20.1 Å². The normalized spacial score (nSPS) is 17.4. The Bertz CT molecular complexity index is 403. The first-order valence-electron chi connectivity index (χ1n) is 5.48. The minimum Gasteiger partial charge on any atom is -0.304 e. The topological polar surface area (TPSA) is 27.0 Å². The van der Waals surface area contributed by atoms with Crippen LogP contribution in [0.1, 0.15) is 17.7 Å². The zero-order chi connectivity index (χ0) is 11.6. The van der Waals surface area contributed by atoms with Crippen LogP contribution in [-0.2, 0) is 6.42 Å². The Hall–Kier alpha value is -0.370. The summed E-state index contributed by atoms with van der Waals surface area (Å²) in [7, 11) is 2.11. The number of hydrogen-bond acceptors (Lipinski definition) is 3. The molecule has 1 aliphatic rings. The first kappa shape index (κ1) is 12.1. The molecule has 0 N–H and O–H groups in total. The lowest BCUT2D eigenvalue weighted by molar-refractivity contribution is 0.298. The van der Waals surface area contributed by atoms with Crippen molar-refractivity contribution >= 4 is 27.3 Å². The molecule has 0 amide bonds. The molecule has 0 aromatic carbocycles. The summed E-state index contributed by atoms with van der Waals surface area (Å²) >= 11 is 5.27. The molecule has 86 valence electrons. The zero-order valence-electron chi connectivity index (χ0n) is 9.37. The zero-order valence-corrected chi connectivity index (χ0v) is 11.8. The van der Waals surface area contributed by atoms with Gasteiger partial charge in [0, 0.05) is 18.0 Å². The van der Waals surface area contributed by atoms with Crippen LogP contribution in [0.15, 0.2) is 15.9 Å². The van der Waals surface area contributed by atoms with Gasteiger partial charge in [0.25, 0.3) is 0 Å². The quantitative estimate of drug-likeness (QED) is 0.834. The Morgan fingerprint density at radius 2 is 2.31 bits per heavy atom. The van der Waals surface area contributed by atoms with E-state index < -0.39 is 0 Å². The number of rotatable bonds is 5. The molecule has 4 heteroatoms. The lowest BCUT2D eigenvalue weighted by atomic mass is 10.1. The molecule has 0 radical (unpaired) electrons. The van der Waals surface area contributed by atoms with E-state index in [2.05, 4.69) is 46.1 Å². The molecule has 0 spiro atoms. The van der Waals surface area contributed by atoms with Gasteiger partial charge in [-0.25, -0.2) is 0 Å². The molecule has 1 aromatic heterocycles. The summed E-state index contributed by atoms with van der Waals surface area (Å²) in [6, 6.07) is 6.70. The first-order valence-corrected chi connectivity index (χ1v) is 7.08. The van der Waals surface area contributed by atoms with Crippen molar-refractivity contribution in [3.63, 3.8) is 0 Å². The molecule has 2 rings (SSSR count). The fourth-order valence-electron chi connectivity index (χ4n) is 1.84. The highest BCUT2D eigenvalue weighted by molar-refractivity contribution is 9.11. The van der Waals surface area contributed by atoms with Gasteiger partial charge in [-0.15, -0.1) is 11.3 Å². The maximum atomic E-state index is 9.01. The van der Waals surface area contributed by atoms with Crippen molar-refractivity contribution in [1.82, 2.24) is 4.90 Å². The SMILES string of the molecule is CN(CCc1ccc(Br)s1)CC1(C#N)CC1. The smallest absolute Gasteiger partial charge is 0.0703 e. The molecule has 1 aliphatic carbocycles. The minimum absolute atomic E-state index is 0.00914. The lowest BCUT2D eigenvalue weighted by Gasteiger charge is -2.18. The Morgan fingerprint density at radius 1 is 1.56 bits per heavy atom. The highest BCUT2D eigenvalue weighted by Gasteiger charge is 2.43. The van der Waals surface area contributed by atoms with Crippen molar-refractivity contribution < 1.29 is 0 Å². The van der Waals surface area contributed by atoms with Gasteiger partial charge in [-0.2, -0.15) is 5.26 Å². The van der Waals surface area contributed by atoms with Gasteiger partial charge in [0.05, 0.1) is 15.3 Å². The second kappa shape index (κ2) is 4.87. The largest absolute Gasteiger partial charge is 0.304 e. The Morgan fingerprint density at radius 3 is 2.81 bits per heavy atom. The van der Waals surface area contributed by atoms with E-state index in [0.717, 1.165) is 32.4 Å². The molecule has 1 saturated carbocycles. The summed E-state index contributed by atoms with van der Waals surface area (Å²) in [4.78, 5) is 3.68. The molecule has 0 atom stereocenters. The average Bonchev–Trinajstić information content (AvgIpc) is 2.91. The van der Waals surface area contributed by atoms with Crippen molar-refractivity contribution in [2.45, 2.75) is 19.3 Å². The van der Waals surface area contributed by atoms with Crippen LogP contribution in [0.5, 0.6) is 0 Å². The molecule has 0 unspecified atom stereocenters. The Labute approximate surface area is 109 Å². The number of halogens is 1. The molecule has 1 fully saturated rings. The van der Waals surface area contributed by atoms with Gasteiger partial charge in [0.1, 0.15) is 0 Å². The van der Waals surface area contributed by atoms with Crippen LogP contribution in [-0.4, -0.2) is 25.0 Å². The second-order valence-corrected chi connectivity index (χ2v) is 7.13. The summed E-state index contributed by atoms with van der Waals surface area (Å²) in [6.07, 6.45) is 3.24. The van der Waals surface area contributed by atoms with Crippen molar-refractivity contribution in [2.24, 2.45) is 5.41 Å². The third-order valence-electron chi connectivity index (χ3n) is 3.03. The van der Waals surface area contributed by atoms with Gasteiger partial charge < -0.3 is 4.90 Å². The van der Waals surface area contributed by atoms with Gasteiger partial charge in [-0.05, 0) is 54.4 Å². The van der Waals surface area contributed by atoms with E-state index in [1.807, 2.05) is 0 Å². The van der Waals surface area contributed by atoms with Crippen molar-refractivity contribution in [3.8, 4) is 6.07 Å². The van der Waals surface area contributed by atoms with Gasteiger partial charge >= 0.3 is 0 Å². The fraction of sp³-hybridized carbons (Fsp3) is 0.583. The van der Waals surface area contributed by atoms with Crippen LogP contribution in [0.2, 0.25) is 0 Å². The summed E-state index contributed by atoms with van der Waals surface area (Å²) in [5.41, 5.74) is -0.00914. The number of nitriles is 1. The van der Waals surface area contributed by atoms with Crippen LogP contribution in [0.4, 0.5) is 0 Å². The third kappa shape index (κ3) is 3.07. The lowest BCUT2D eigenvalue weighted by Crippen LogP contribution is -2.27. The summed E-state index contributed by atoms with van der Waals surface area (Å²) in [6.45, 7) is 1.96. The molecule has 1 aromatic rings. The van der Waals surface area contributed by atoms with Gasteiger partial charge in [0.2, 0.25) is 0 Å². The predicted octanol–water partition coefficient (Wildman–Crippen LogP) is 3.29. The summed E-state index contributed by atoms with van der Waals surface area (Å²) in [5, 5.41) is 9.01. The standard InChI is InChI=1S/C12H15BrN2S/c1-15(9-12(8-14)5-6-12)7-4-10-2-3-11(13)16-10/h2-3H,4-7,9H2,1H3. The molecule has 0 saturated heterocycles. The molecular weight excluding hydrogens is 284 g/mol. The molecule has 1 heterocycles. The number of nitrogens with zero attached hydrogens (tertiary/aromatic N) is 2. The van der Waals surface area contributed by atoms with E-state index in [1.54, 1.807) is 11.3 Å². The van der Waals surface area contributed by atoms with E-state index >= 15 is 0 Å². The van der Waals surface area contributed by atoms with Crippen LogP contribution >= 0.6 is 27.3 Å². The van der Waals surface area contributed by atoms with Crippen molar-refractivity contribution in [3.05, 3.63) is 20.8 Å². The van der Waals surface area contributed by atoms with E-state index in [0.29, 0.717) is 0 Å². The Balaban J connectivity index is 1.76. The molecule has 2 nitrogen and oxygen atoms in total. The number of thiophene rings is 1. The van der Waals surface area contributed by atoms with E-state index in [9.17, 15) is 0 Å². The monoisotopic (exact) mass is 298 g/mol. The third-order valence-corrected chi connectivity index (χ3v) is 4.72. The molecule has 16 heavy (non-hydrogen) atoms. The van der Waals surface area contributed by atoms with E-state index in [1.165, 1.54) is 8.66 Å². The van der Waals surface area contributed by atoms with Crippen LogP contribution in [0, 0.1) is 16.7 Å². The summed E-state index contributed by atoms with van der Waals surface area (Å²) in [5.74, 6) is 0. The number of hydrogen-bond donors (Lipinski definition) is 0. The summed E-state index contributed by atoms with van der Waals surface area (Å²) < 4.78 is 1.20. The maximum Gasteiger partial charge on any atom is 0.0703 e. The molecule has 0 bridgehead atoms. The predicted molar refractivity (Wildman–Crippen MR) is 70.5 cm³/mol. The van der Waals surface area contributed by atoms with Crippen LogP contribution < -0.4 is 0 Å². The highest BCUT2D eigenvalue weighted by atomic mass is 79.9. The van der Waals surface area contributed by atoms with Crippen molar-refractivity contribution in [1.29, 1.82) is 5.26 Å².